The topological polar surface area (TPSA) is 69.7 Å². The van der Waals surface area contributed by atoms with E-state index < -0.39 is 11.8 Å². The number of aryl methyl sites for hydroxylation is 2. The Balaban J connectivity index is 1.60. The summed E-state index contributed by atoms with van der Waals surface area (Å²) < 4.78 is 0. The van der Waals surface area contributed by atoms with Gasteiger partial charge in [-0.3, -0.25) is 14.4 Å². The molecular weight excluding hydrogens is 354 g/mol. The minimum atomic E-state index is -0.626. The Morgan fingerprint density at radius 3 is 2.25 bits per heavy atom. The van der Waals surface area contributed by atoms with Crippen LogP contribution in [0.1, 0.15) is 23.6 Å². The number of amides is 3. The zero-order chi connectivity index (χ0) is 20.1. The Morgan fingerprint density at radius 2 is 1.54 bits per heavy atom. The van der Waals surface area contributed by atoms with E-state index in [2.05, 4.69) is 5.32 Å². The van der Waals surface area contributed by atoms with Gasteiger partial charge in [-0.15, -0.1) is 0 Å². The second-order valence-electron chi connectivity index (χ2n) is 6.94. The van der Waals surface area contributed by atoms with Gasteiger partial charge in [0.15, 0.2) is 0 Å². The van der Waals surface area contributed by atoms with Gasteiger partial charge in [-0.25, -0.2) is 0 Å². The summed E-state index contributed by atoms with van der Waals surface area (Å²) in [4.78, 5) is 40.2. The maximum Gasteiger partial charge on any atom is 0.312 e. The van der Waals surface area contributed by atoms with Gasteiger partial charge in [-0.1, -0.05) is 49.4 Å². The third kappa shape index (κ3) is 4.39. The minimum Gasteiger partial charge on any atom is -0.328 e. The molecule has 6 nitrogen and oxygen atoms in total. The van der Waals surface area contributed by atoms with Gasteiger partial charge in [-0.2, -0.15) is 0 Å². The zero-order valence-corrected chi connectivity index (χ0v) is 16.3. The molecule has 0 unspecified atom stereocenters. The SMILES string of the molecule is CCc1ccccc1NC(=O)CN1CCN(Cc2ccccc2C)C(=O)C1=O. The normalized spacial score (nSPS) is 14.4. The Bertz CT molecular complexity index is 894. The lowest BCUT2D eigenvalue weighted by molar-refractivity contribution is -0.157. The van der Waals surface area contributed by atoms with E-state index in [0.29, 0.717) is 19.6 Å². The van der Waals surface area contributed by atoms with E-state index in [1.807, 2.05) is 62.4 Å². The predicted molar refractivity (Wildman–Crippen MR) is 108 cm³/mol. The molecule has 1 aliphatic heterocycles. The molecule has 0 aromatic heterocycles. The van der Waals surface area contributed by atoms with Crippen molar-refractivity contribution >= 4 is 23.4 Å². The Hall–Kier alpha value is -3.15. The van der Waals surface area contributed by atoms with Crippen molar-refractivity contribution in [3.05, 3.63) is 65.2 Å². The molecule has 3 rings (SSSR count). The van der Waals surface area contributed by atoms with E-state index in [-0.39, 0.29) is 12.5 Å². The number of hydrogen-bond acceptors (Lipinski definition) is 3. The molecule has 0 spiro atoms. The highest BCUT2D eigenvalue weighted by Gasteiger charge is 2.33. The molecule has 3 amide bonds. The van der Waals surface area contributed by atoms with Crippen molar-refractivity contribution in [3.63, 3.8) is 0 Å². The number of rotatable bonds is 6. The van der Waals surface area contributed by atoms with Gasteiger partial charge in [0.1, 0.15) is 6.54 Å². The monoisotopic (exact) mass is 379 g/mol. The third-order valence-electron chi connectivity index (χ3n) is 5.03. The van der Waals surface area contributed by atoms with Crippen LogP contribution in [-0.2, 0) is 27.3 Å². The minimum absolute atomic E-state index is 0.124. The van der Waals surface area contributed by atoms with E-state index in [4.69, 9.17) is 0 Å². The lowest BCUT2D eigenvalue weighted by Crippen LogP contribution is -2.55. The molecule has 0 bridgehead atoms. The first kappa shape index (κ1) is 19.6. The summed E-state index contributed by atoms with van der Waals surface area (Å²) in [6.07, 6.45) is 0.797. The standard InChI is InChI=1S/C22H25N3O3/c1-3-17-9-6-7-11-19(17)23-20(26)15-25-13-12-24(21(27)22(25)28)14-18-10-5-4-8-16(18)2/h4-11H,3,12-15H2,1-2H3,(H,23,26). The number of nitrogens with one attached hydrogen (secondary N) is 1. The van der Waals surface area contributed by atoms with Crippen LogP contribution in [0.25, 0.3) is 0 Å². The van der Waals surface area contributed by atoms with Crippen molar-refractivity contribution in [2.45, 2.75) is 26.8 Å². The lowest BCUT2D eigenvalue weighted by atomic mass is 10.1. The first-order valence-electron chi connectivity index (χ1n) is 9.50. The molecule has 0 saturated carbocycles. The molecule has 1 fully saturated rings. The molecular formula is C22H25N3O3. The number of carbonyl (C=O) groups excluding carboxylic acids is 3. The largest absolute Gasteiger partial charge is 0.328 e. The second kappa shape index (κ2) is 8.69. The van der Waals surface area contributed by atoms with E-state index in [1.54, 1.807) is 4.90 Å². The van der Waals surface area contributed by atoms with Crippen molar-refractivity contribution in [1.82, 2.24) is 9.80 Å². The molecule has 2 aromatic rings. The van der Waals surface area contributed by atoms with E-state index in [0.717, 1.165) is 28.8 Å². The van der Waals surface area contributed by atoms with Crippen LogP contribution in [0.4, 0.5) is 5.69 Å². The molecule has 6 heteroatoms. The number of anilines is 1. The zero-order valence-electron chi connectivity index (χ0n) is 16.3. The average molecular weight is 379 g/mol. The van der Waals surface area contributed by atoms with Gasteiger partial charge in [0.05, 0.1) is 0 Å². The molecule has 1 saturated heterocycles. The van der Waals surface area contributed by atoms with Crippen LogP contribution in [0.15, 0.2) is 48.5 Å². The summed E-state index contributed by atoms with van der Waals surface area (Å²) in [6.45, 7) is 5.04. The summed E-state index contributed by atoms with van der Waals surface area (Å²) in [5, 5.41) is 2.84. The van der Waals surface area contributed by atoms with Crippen LogP contribution in [0.5, 0.6) is 0 Å². The third-order valence-corrected chi connectivity index (χ3v) is 5.03. The van der Waals surface area contributed by atoms with Crippen molar-refractivity contribution in [1.29, 1.82) is 0 Å². The Kier molecular flexibility index (Phi) is 6.09. The number of hydrogen-bond donors (Lipinski definition) is 1. The molecule has 146 valence electrons. The summed E-state index contributed by atoms with van der Waals surface area (Å²) in [5.41, 5.74) is 3.87. The maximum atomic E-state index is 12.5. The smallest absolute Gasteiger partial charge is 0.312 e. The predicted octanol–water partition coefficient (Wildman–Crippen LogP) is 2.37. The summed E-state index contributed by atoms with van der Waals surface area (Å²) in [6, 6.07) is 15.4. The van der Waals surface area contributed by atoms with Gasteiger partial charge in [0.2, 0.25) is 5.91 Å². The number of nitrogens with zero attached hydrogens (tertiary/aromatic N) is 2. The van der Waals surface area contributed by atoms with Crippen molar-refractivity contribution in [2.75, 3.05) is 25.0 Å². The van der Waals surface area contributed by atoms with Crippen molar-refractivity contribution in [3.8, 4) is 0 Å². The first-order valence-corrected chi connectivity index (χ1v) is 9.50. The van der Waals surface area contributed by atoms with Crippen LogP contribution >= 0.6 is 0 Å². The maximum absolute atomic E-state index is 12.5. The summed E-state index contributed by atoms with van der Waals surface area (Å²) in [5.74, 6) is -1.48. The molecule has 2 aromatic carbocycles. The average Bonchev–Trinajstić information content (AvgIpc) is 2.69. The molecule has 28 heavy (non-hydrogen) atoms. The van der Waals surface area contributed by atoms with Gasteiger partial charge in [0.25, 0.3) is 0 Å². The van der Waals surface area contributed by atoms with E-state index in [1.165, 1.54) is 4.90 Å². The first-order chi connectivity index (χ1) is 13.5. The highest BCUT2D eigenvalue weighted by Crippen LogP contribution is 2.16. The molecule has 1 aliphatic rings. The second-order valence-corrected chi connectivity index (χ2v) is 6.94. The van der Waals surface area contributed by atoms with Gasteiger partial charge < -0.3 is 15.1 Å². The van der Waals surface area contributed by atoms with Crippen LogP contribution in [-0.4, -0.2) is 47.2 Å². The molecule has 0 radical (unpaired) electrons. The van der Waals surface area contributed by atoms with Crippen LogP contribution in [0, 0.1) is 6.92 Å². The summed E-state index contributed by atoms with van der Waals surface area (Å²) in [7, 11) is 0. The quantitative estimate of drug-likeness (QED) is 0.784. The molecule has 1 N–H and O–H groups in total. The van der Waals surface area contributed by atoms with Crippen molar-refractivity contribution < 1.29 is 14.4 Å². The van der Waals surface area contributed by atoms with Crippen LogP contribution in [0.2, 0.25) is 0 Å². The van der Waals surface area contributed by atoms with E-state index >= 15 is 0 Å². The highest BCUT2D eigenvalue weighted by molar-refractivity contribution is 6.35. The van der Waals surface area contributed by atoms with E-state index in [9.17, 15) is 14.4 Å². The number of carbonyl (C=O) groups is 3. The van der Waals surface area contributed by atoms with Crippen molar-refractivity contribution in [2.24, 2.45) is 0 Å². The van der Waals surface area contributed by atoms with Gasteiger partial charge >= 0.3 is 11.8 Å². The molecule has 0 aliphatic carbocycles. The van der Waals surface area contributed by atoms with Gasteiger partial charge in [-0.05, 0) is 36.1 Å². The van der Waals surface area contributed by atoms with Gasteiger partial charge in [0, 0.05) is 25.3 Å². The fraction of sp³-hybridized carbons (Fsp3) is 0.318. The molecule has 0 atom stereocenters. The van der Waals surface area contributed by atoms with Crippen LogP contribution < -0.4 is 5.32 Å². The Morgan fingerprint density at radius 1 is 0.929 bits per heavy atom. The number of para-hydroxylation sites is 1. The highest BCUT2D eigenvalue weighted by atomic mass is 16.2. The number of piperazine rings is 1. The fourth-order valence-corrected chi connectivity index (χ4v) is 3.32. The molecule has 1 heterocycles. The van der Waals surface area contributed by atoms with Crippen LogP contribution in [0.3, 0.4) is 0 Å². The number of benzene rings is 2. The lowest BCUT2D eigenvalue weighted by Gasteiger charge is -2.33. The fourth-order valence-electron chi connectivity index (χ4n) is 3.32. The Labute approximate surface area is 165 Å². The summed E-state index contributed by atoms with van der Waals surface area (Å²) >= 11 is 0.